The van der Waals surface area contributed by atoms with Crippen LogP contribution in [-0.4, -0.2) is 12.6 Å². The fraction of sp³-hybridized carbons (Fsp3) is 0.188. The van der Waals surface area contributed by atoms with Gasteiger partial charge in [0.15, 0.2) is 0 Å². The molecule has 4 heteroatoms. The van der Waals surface area contributed by atoms with Crippen molar-refractivity contribution in [3.63, 3.8) is 0 Å². The Kier molecular flexibility index (Phi) is 4.71. The van der Waals surface area contributed by atoms with Crippen molar-refractivity contribution in [1.82, 2.24) is 5.32 Å². The maximum absolute atomic E-state index is 13.7. The monoisotopic (exact) mass is 272 g/mol. The van der Waals surface area contributed by atoms with Crippen LogP contribution in [0.1, 0.15) is 12.5 Å². The van der Waals surface area contributed by atoms with Crippen molar-refractivity contribution in [2.45, 2.75) is 13.5 Å². The molecule has 0 spiro atoms. The second kappa shape index (κ2) is 6.70. The number of hydrogen-bond donors (Lipinski definition) is 1. The van der Waals surface area contributed by atoms with Crippen LogP contribution >= 0.6 is 0 Å². The highest BCUT2D eigenvalue weighted by Gasteiger charge is 2.16. The van der Waals surface area contributed by atoms with E-state index in [4.69, 9.17) is 0 Å². The molecule has 0 heterocycles. The van der Waals surface area contributed by atoms with Crippen LogP contribution in [0.4, 0.5) is 14.9 Å². The first-order valence-corrected chi connectivity index (χ1v) is 6.56. The Morgan fingerprint density at radius 2 is 1.75 bits per heavy atom. The van der Waals surface area contributed by atoms with Crippen molar-refractivity contribution in [3.05, 3.63) is 66.0 Å². The Morgan fingerprint density at radius 3 is 2.40 bits per heavy atom. The average Bonchev–Trinajstić information content (AvgIpc) is 2.49. The molecule has 1 N–H and O–H groups in total. The summed E-state index contributed by atoms with van der Waals surface area (Å²) in [6, 6.07) is 15.6. The summed E-state index contributed by atoms with van der Waals surface area (Å²) in [7, 11) is 0. The fourth-order valence-electron chi connectivity index (χ4n) is 1.96. The third-order valence-electron chi connectivity index (χ3n) is 2.99. The van der Waals surface area contributed by atoms with E-state index in [1.54, 1.807) is 18.2 Å². The number of nitrogens with zero attached hydrogens (tertiary/aromatic N) is 1. The zero-order chi connectivity index (χ0) is 14.4. The van der Waals surface area contributed by atoms with Gasteiger partial charge in [0.25, 0.3) is 0 Å². The summed E-state index contributed by atoms with van der Waals surface area (Å²) in [6.07, 6.45) is 0. The largest absolute Gasteiger partial charge is 0.334 e. The normalized spacial score (nSPS) is 10.1. The van der Waals surface area contributed by atoms with Crippen LogP contribution < -0.4 is 10.2 Å². The van der Waals surface area contributed by atoms with Crippen LogP contribution in [-0.2, 0) is 6.54 Å². The third kappa shape index (κ3) is 3.35. The molecule has 2 amide bonds. The number of benzene rings is 2. The lowest BCUT2D eigenvalue weighted by Gasteiger charge is -2.22. The van der Waals surface area contributed by atoms with Gasteiger partial charge in [0, 0.05) is 13.1 Å². The summed E-state index contributed by atoms with van der Waals surface area (Å²) in [6.45, 7) is 2.64. The lowest BCUT2D eigenvalue weighted by molar-refractivity contribution is 0.246. The van der Waals surface area contributed by atoms with Gasteiger partial charge in [-0.2, -0.15) is 0 Å². The number of para-hydroxylation sites is 1. The summed E-state index contributed by atoms with van der Waals surface area (Å²) < 4.78 is 13.7. The summed E-state index contributed by atoms with van der Waals surface area (Å²) in [5, 5.41) is 2.80. The highest BCUT2D eigenvalue weighted by atomic mass is 19.1. The lowest BCUT2D eigenvalue weighted by atomic mass is 10.2. The Labute approximate surface area is 118 Å². The molecule has 0 aromatic heterocycles. The first kappa shape index (κ1) is 14.1. The maximum atomic E-state index is 13.7. The molecule has 2 aromatic rings. The van der Waals surface area contributed by atoms with Crippen LogP contribution in [0.25, 0.3) is 0 Å². The number of urea groups is 1. The molecule has 0 radical (unpaired) electrons. The summed E-state index contributed by atoms with van der Waals surface area (Å²) in [4.78, 5) is 13.5. The summed E-state index contributed by atoms with van der Waals surface area (Å²) >= 11 is 0. The highest BCUT2D eigenvalue weighted by molar-refractivity contribution is 5.91. The molecule has 0 atom stereocenters. The Bertz CT molecular complexity index is 572. The molecule has 2 rings (SSSR count). The second-order valence-corrected chi connectivity index (χ2v) is 4.34. The zero-order valence-electron chi connectivity index (χ0n) is 11.3. The highest BCUT2D eigenvalue weighted by Crippen LogP contribution is 2.18. The third-order valence-corrected chi connectivity index (χ3v) is 2.99. The van der Waals surface area contributed by atoms with Crippen molar-refractivity contribution in [1.29, 1.82) is 0 Å². The van der Waals surface area contributed by atoms with Crippen molar-refractivity contribution in [2.24, 2.45) is 0 Å². The zero-order valence-corrected chi connectivity index (χ0v) is 11.3. The number of carbonyl (C=O) groups is 1. The van der Waals surface area contributed by atoms with Crippen molar-refractivity contribution in [3.8, 4) is 0 Å². The number of nitrogens with one attached hydrogen (secondary N) is 1. The van der Waals surface area contributed by atoms with E-state index in [0.717, 1.165) is 5.56 Å². The smallest absolute Gasteiger partial charge is 0.322 e. The molecule has 3 nitrogen and oxygen atoms in total. The molecule has 20 heavy (non-hydrogen) atoms. The van der Waals surface area contributed by atoms with Gasteiger partial charge in [-0.05, 0) is 24.6 Å². The average molecular weight is 272 g/mol. The second-order valence-electron chi connectivity index (χ2n) is 4.34. The van der Waals surface area contributed by atoms with Gasteiger partial charge >= 0.3 is 6.03 Å². The Hall–Kier alpha value is -2.36. The van der Waals surface area contributed by atoms with Gasteiger partial charge in [0.2, 0.25) is 0 Å². The van der Waals surface area contributed by atoms with Crippen molar-refractivity contribution >= 4 is 11.7 Å². The van der Waals surface area contributed by atoms with Crippen molar-refractivity contribution in [2.75, 3.05) is 11.4 Å². The molecular weight excluding hydrogens is 255 g/mol. The van der Waals surface area contributed by atoms with Gasteiger partial charge in [-0.1, -0.05) is 42.5 Å². The number of amides is 2. The number of anilines is 1. The van der Waals surface area contributed by atoms with Gasteiger partial charge in [-0.25, -0.2) is 9.18 Å². The fourth-order valence-corrected chi connectivity index (χ4v) is 1.96. The first-order valence-electron chi connectivity index (χ1n) is 6.56. The van der Waals surface area contributed by atoms with Gasteiger partial charge in [0.1, 0.15) is 5.82 Å². The van der Waals surface area contributed by atoms with E-state index in [-0.39, 0.29) is 6.03 Å². The standard InChI is InChI=1S/C16H17FN2O/c1-2-19(15-11-7-6-10-14(15)17)16(20)18-12-13-8-4-3-5-9-13/h3-11H,2,12H2,1H3,(H,18,20). The maximum Gasteiger partial charge on any atom is 0.322 e. The predicted octanol–water partition coefficient (Wildman–Crippen LogP) is 3.56. The van der Waals surface area contributed by atoms with Gasteiger partial charge < -0.3 is 5.32 Å². The molecule has 0 aliphatic rings. The molecular formula is C16H17FN2O. The summed E-state index contributed by atoms with van der Waals surface area (Å²) in [5.41, 5.74) is 1.30. The minimum atomic E-state index is -0.399. The van der Waals surface area contributed by atoms with Crippen LogP contribution in [0.5, 0.6) is 0 Å². The topological polar surface area (TPSA) is 32.3 Å². The number of rotatable bonds is 4. The predicted molar refractivity (Wildman–Crippen MR) is 78.1 cm³/mol. The van der Waals surface area contributed by atoms with E-state index in [1.807, 2.05) is 37.3 Å². The number of halogens is 1. The minimum absolute atomic E-state index is 0.292. The van der Waals surface area contributed by atoms with Crippen LogP contribution in [0.3, 0.4) is 0 Å². The van der Waals surface area contributed by atoms with E-state index >= 15 is 0 Å². The molecule has 0 saturated heterocycles. The molecule has 0 saturated carbocycles. The molecule has 0 aliphatic heterocycles. The molecule has 0 fully saturated rings. The Balaban J connectivity index is 2.05. The number of carbonyl (C=O) groups excluding carboxylic acids is 1. The molecule has 0 bridgehead atoms. The van der Waals surface area contributed by atoms with Gasteiger partial charge in [-0.3, -0.25) is 4.90 Å². The Morgan fingerprint density at radius 1 is 1.10 bits per heavy atom. The SMILES string of the molecule is CCN(C(=O)NCc1ccccc1)c1ccccc1F. The van der Waals surface area contributed by atoms with Crippen molar-refractivity contribution < 1.29 is 9.18 Å². The lowest BCUT2D eigenvalue weighted by Crippen LogP contribution is -2.40. The van der Waals surface area contributed by atoms with Crippen LogP contribution in [0.15, 0.2) is 54.6 Å². The quantitative estimate of drug-likeness (QED) is 0.906. The van der Waals surface area contributed by atoms with Gasteiger partial charge in [-0.15, -0.1) is 0 Å². The molecule has 104 valence electrons. The first-order chi connectivity index (χ1) is 9.72. The molecule has 0 aliphatic carbocycles. The number of hydrogen-bond acceptors (Lipinski definition) is 1. The summed E-state index contributed by atoms with van der Waals surface area (Å²) in [5.74, 6) is -0.399. The minimum Gasteiger partial charge on any atom is -0.334 e. The van der Waals surface area contributed by atoms with Crippen LogP contribution in [0, 0.1) is 5.82 Å². The van der Waals surface area contributed by atoms with E-state index in [1.165, 1.54) is 11.0 Å². The molecule has 2 aromatic carbocycles. The van der Waals surface area contributed by atoms with E-state index in [2.05, 4.69) is 5.32 Å². The van der Waals surface area contributed by atoms with Gasteiger partial charge in [0.05, 0.1) is 5.69 Å². The van der Waals surface area contributed by atoms with E-state index in [0.29, 0.717) is 18.8 Å². The molecule has 0 unspecified atom stereocenters. The van der Waals surface area contributed by atoms with Crippen LogP contribution in [0.2, 0.25) is 0 Å². The van der Waals surface area contributed by atoms with E-state index < -0.39 is 5.82 Å². The van der Waals surface area contributed by atoms with E-state index in [9.17, 15) is 9.18 Å².